The van der Waals surface area contributed by atoms with E-state index < -0.39 is 12.1 Å². The van der Waals surface area contributed by atoms with Crippen LogP contribution >= 0.6 is 0 Å². The number of phenolic OH excluding ortho intramolecular Hbond substituents is 1. The molecule has 6 nitrogen and oxygen atoms in total. The number of amides is 2. The van der Waals surface area contributed by atoms with Crippen LogP contribution in [0, 0.1) is 13.0 Å². The monoisotopic (exact) mass is 325 g/mol. The van der Waals surface area contributed by atoms with Crippen LogP contribution in [0.2, 0.25) is 0 Å². The number of benzene rings is 1. The van der Waals surface area contributed by atoms with Gasteiger partial charge in [-0.3, -0.25) is 6.58 Å². The number of aliphatic hydroxyl groups is 1. The summed E-state index contributed by atoms with van der Waals surface area (Å²) in [5.74, 6) is 0.133. The number of phenols is 1. The number of anilines is 1. The van der Waals surface area contributed by atoms with Crippen molar-refractivity contribution in [2.75, 3.05) is 11.9 Å². The van der Waals surface area contributed by atoms with E-state index in [1.54, 1.807) is 19.1 Å². The number of hydrogen-bond acceptors (Lipinski definition) is 4. The van der Waals surface area contributed by atoms with Crippen molar-refractivity contribution in [3.05, 3.63) is 43.8 Å². The molecule has 2 amide bonds. The number of carbonyl (C=O) groups excluding carboxylic acids is 1. The maximum atomic E-state index is 11.2. The van der Waals surface area contributed by atoms with Crippen LogP contribution in [0.4, 0.5) is 10.5 Å². The number of rotatable bonds is 3. The zero-order chi connectivity index (χ0) is 16.0. The van der Waals surface area contributed by atoms with Gasteiger partial charge in [-0.25, -0.2) is 4.79 Å². The van der Waals surface area contributed by atoms with E-state index in [1.807, 2.05) is 0 Å². The van der Waals surface area contributed by atoms with Gasteiger partial charge in [0.05, 0.1) is 0 Å². The number of urea groups is 1. The molecule has 1 aromatic rings. The van der Waals surface area contributed by atoms with Gasteiger partial charge in [-0.1, -0.05) is 6.10 Å². The molecule has 0 spiro atoms. The van der Waals surface area contributed by atoms with Crippen molar-refractivity contribution in [2.45, 2.75) is 13.0 Å². The van der Waals surface area contributed by atoms with Gasteiger partial charge in [-0.05, 0) is 24.3 Å². The van der Waals surface area contributed by atoms with Crippen LogP contribution in [0.3, 0.4) is 0 Å². The second-order valence-electron chi connectivity index (χ2n) is 3.39. The predicted molar refractivity (Wildman–Crippen MR) is 71.7 cm³/mol. The van der Waals surface area contributed by atoms with Gasteiger partial charge in [-0.2, -0.15) is 6.92 Å². The number of aromatic hydroxyl groups is 1. The number of hydrogen-bond donors (Lipinski definition) is 4. The van der Waals surface area contributed by atoms with E-state index in [2.05, 4.69) is 45.9 Å². The summed E-state index contributed by atoms with van der Waals surface area (Å²) in [5.41, 5.74) is 0.559. The van der Waals surface area contributed by atoms with Crippen LogP contribution < -0.4 is 10.6 Å². The van der Waals surface area contributed by atoms with Crippen LogP contribution in [-0.2, 0) is 19.5 Å². The van der Waals surface area contributed by atoms with Crippen molar-refractivity contribution in [1.29, 1.82) is 0 Å². The molecule has 1 atom stereocenters. The van der Waals surface area contributed by atoms with Gasteiger partial charge < -0.3 is 33.8 Å². The first kappa shape index (κ1) is 20.6. The summed E-state index contributed by atoms with van der Waals surface area (Å²) in [6.07, 6.45) is 1.68. The molecule has 0 saturated heterocycles. The van der Waals surface area contributed by atoms with E-state index in [0.29, 0.717) is 5.69 Å². The Morgan fingerprint density at radius 3 is 2.30 bits per heavy atom. The van der Waals surface area contributed by atoms with E-state index in [4.69, 9.17) is 14.1 Å². The number of carbonyl (C=O) groups is 1. The third kappa shape index (κ3) is 12.7. The zero-order valence-electron chi connectivity index (χ0n) is 11.1. The molecule has 0 radical (unpaired) electrons. The Morgan fingerprint density at radius 1 is 1.45 bits per heavy atom. The first-order valence-electron chi connectivity index (χ1n) is 5.42. The summed E-state index contributed by atoms with van der Waals surface area (Å²) in [7, 11) is 0. The molecule has 1 rings (SSSR count). The van der Waals surface area contributed by atoms with Crippen LogP contribution in [-0.4, -0.2) is 28.9 Å². The quantitative estimate of drug-likeness (QED) is 0.501. The van der Waals surface area contributed by atoms with Crippen molar-refractivity contribution in [1.82, 2.24) is 5.32 Å². The zero-order valence-corrected chi connectivity index (χ0v) is 12.1. The Morgan fingerprint density at radius 2 is 1.90 bits per heavy atom. The van der Waals surface area contributed by atoms with Gasteiger partial charge in [0.15, 0.2) is 0 Å². The third-order valence-corrected chi connectivity index (χ3v) is 1.62. The topological polar surface area (TPSA) is 98.7 Å². The van der Waals surface area contributed by atoms with E-state index in [1.165, 1.54) is 12.1 Å². The molecule has 0 bridgehead atoms. The predicted octanol–water partition coefficient (Wildman–Crippen LogP) is 1.58. The summed E-state index contributed by atoms with van der Waals surface area (Å²) in [4.78, 5) is 11.2. The molecule has 0 fully saturated rings. The van der Waals surface area contributed by atoms with Crippen molar-refractivity contribution in [3.8, 4) is 5.75 Å². The summed E-state index contributed by atoms with van der Waals surface area (Å²) in [5, 5.41) is 22.8. The molecule has 0 aromatic heterocycles. The standard InChI is InChI=1S/C10H13N2O3.C3H5.Co.O/c1-7(13)6-11-10(15)12-8-2-4-9(14)5-3-8;1-3-2;;/h2-5,7,13-14H,1,6H2,(H2,11,12,15);1H2,2H3;;/q2*-1;;. The van der Waals surface area contributed by atoms with E-state index in [9.17, 15) is 4.79 Å². The number of allylic oxidation sites excluding steroid dienone is 1. The molecule has 1 aromatic carbocycles. The first-order valence-corrected chi connectivity index (χ1v) is 5.84. The number of aliphatic hydroxyl groups excluding tert-OH is 1. The Hall–Kier alpha value is -1.70. The molecule has 0 saturated carbocycles. The fraction of sp³-hybridized carbons (Fsp3) is 0.231. The number of nitrogens with one attached hydrogen (secondary N) is 2. The maximum absolute atomic E-state index is 11.2. The van der Waals surface area contributed by atoms with Gasteiger partial charge in [0.2, 0.25) is 0 Å². The van der Waals surface area contributed by atoms with Crippen LogP contribution in [0.25, 0.3) is 0 Å². The Labute approximate surface area is 126 Å². The summed E-state index contributed by atoms with van der Waals surface area (Å²) >= 11 is 2.31. The Balaban J connectivity index is 0. The van der Waals surface area contributed by atoms with E-state index >= 15 is 0 Å². The van der Waals surface area contributed by atoms with Crippen LogP contribution in [0.1, 0.15) is 6.92 Å². The van der Waals surface area contributed by atoms with Crippen LogP contribution in [0.5, 0.6) is 5.75 Å². The molecule has 115 valence electrons. The first-order chi connectivity index (χ1) is 9.49. The molecular weight excluding hydrogens is 307 g/mol. The second-order valence-corrected chi connectivity index (χ2v) is 3.39. The van der Waals surface area contributed by atoms with Gasteiger partial charge in [0.1, 0.15) is 5.75 Å². The average Bonchev–Trinajstić information content (AvgIpc) is 2.42. The molecule has 1 unspecified atom stereocenters. The van der Waals surface area contributed by atoms with Crippen molar-refractivity contribution < 1.29 is 34.5 Å². The van der Waals surface area contributed by atoms with Gasteiger partial charge in [0.25, 0.3) is 0 Å². The van der Waals surface area contributed by atoms with E-state index in [0.717, 1.165) is 0 Å². The van der Waals surface area contributed by atoms with Crippen molar-refractivity contribution >= 4 is 11.7 Å². The van der Waals surface area contributed by atoms with Gasteiger partial charge >= 0.3 is 25.6 Å². The molecular formula is C13H18CoN2O4-2. The summed E-state index contributed by atoms with van der Waals surface area (Å²) in [6.45, 7) is 8.40. The summed E-state index contributed by atoms with van der Waals surface area (Å²) in [6, 6.07) is 5.63. The van der Waals surface area contributed by atoms with Gasteiger partial charge in [-0.15, -0.1) is 0 Å². The normalized spacial score (nSPS) is 9.80. The molecule has 7 heteroatoms. The van der Waals surface area contributed by atoms with Gasteiger partial charge in [0, 0.05) is 12.2 Å². The minimum atomic E-state index is -0.824. The molecule has 0 heterocycles. The average molecular weight is 325 g/mol. The fourth-order valence-electron chi connectivity index (χ4n) is 0.931. The Bertz CT molecular complexity index is 382. The van der Waals surface area contributed by atoms with Crippen molar-refractivity contribution in [3.63, 3.8) is 0 Å². The second kappa shape index (κ2) is 13.7. The third-order valence-electron chi connectivity index (χ3n) is 1.62. The van der Waals surface area contributed by atoms with Crippen molar-refractivity contribution in [2.24, 2.45) is 0 Å². The molecule has 20 heavy (non-hydrogen) atoms. The minimum absolute atomic E-state index is 0.0872. The molecule has 0 aliphatic rings. The SMILES string of the molecule is C=[C-]C.[CH2-]C(O)CNC(=O)Nc1ccc(O)cc1.[O]=[Co]. The molecule has 4 N–H and O–H groups in total. The fourth-order valence-corrected chi connectivity index (χ4v) is 0.931. The molecule has 0 aliphatic heterocycles. The van der Waals surface area contributed by atoms with Crippen LogP contribution in [0.15, 0.2) is 30.8 Å². The summed E-state index contributed by atoms with van der Waals surface area (Å²) < 4.78 is 7.94. The Kier molecular flexibility index (Phi) is 14.1. The van der Waals surface area contributed by atoms with E-state index in [-0.39, 0.29) is 12.3 Å². The molecule has 0 aliphatic carbocycles.